The number of urea groups is 1. The minimum Gasteiger partial charge on any atom is -0.478 e. The van der Waals surface area contributed by atoms with Crippen LogP contribution in [0.5, 0.6) is 0 Å². The third kappa shape index (κ3) is 4.15. The number of ether oxygens (including phenoxy) is 1. The van der Waals surface area contributed by atoms with Crippen molar-refractivity contribution in [3.8, 4) is 0 Å². The third-order valence-electron chi connectivity index (χ3n) is 4.21. The number of nitrogens with zero attached hydrogens (tertiary/aromatic N) is 2. The van der Waals surface area contributed by atoms with E-state index in [2.05, 4.69) is 0 Å². The van der Waals surface area contributed by atoms with Gasteiger partial charge in [0.15, 0.2) is 0 Å². The van der Waals surface area contributed by atoms with E-state index in [1.165, 1.54) is 12.1 Å². The molecular formula is C19H19ClN2O4. The molecule has 1 aliphatic heterocycles. The molecule has 0 atom stereocenters. The van der Waals surface area contributed by atoms with Crippen molar-refractivity contribution in [1.82, 2.24) is 4.90 Å². The van der Waals surface area contributed by atoms with E-state index in [-0.39, 0.29) is 18.1 Å². The van der Waals surface area contributed by atoms with Crippen LogP contribution in [0.15, 0.2) is 48.5 Å². The molecule has 1 saturated heterocycles. The molecule has 0 unspecified atom stereocenters. The van der Waals surface area contributed by atoms with Crippen LogP contribution in [0.3, 0.4) is 0 Å². The average Bonchev–Trinajstić information content (AvgIpc) is 2.67. The van der Waals surface area contributed by atoms with Gasteiger partial charge in [0.2, 0.25) is 0 Å². The minimum absolute atomic E-state index is 0.115. The summed E-state index contributed by atoms with van der Waals surface area (Å²) in [4.78, 5) is 27.5. The van der Waals surface area contributed by atoms with Crippen LogP contribution in [-0.4, -0.2) is 48.3 Å². The highest BCUT2D eigenvalue weighted by Gasteiger charge is 2.25. The first-order valence-corrected chi connectivity index (χ1v) is 8.65. The maximum Gasteiger partial charge on any atom is 0.335 e. The first-order chi connectivity index (χ1) is 12.6. The molecule has 1 N–H and O–H groups in total. The normalized spacial score (nSPS) is 14.1. The first kappa shape index (κ1) is 18.2. The molecule has 0 radical (unpaired) electrons. The van der Waals surface area contributed by atoms with Crippen LogP contribution in [0.4, 0.5) is 10.5 Å². The van der Waals surface area contributed by atoms with Crippen LogP contribution < -0.4 is 4.90 Å². The van der Waals surface area contributed by atoms with Crippen molar-refractivity contribution in [1.29, 1.82) is 0 Å². The van der Waals surface area contributed by atoms with E-state index >= 15 is 0 Å². The minimum atomic E-state index is -1.04. The van der Waals surface area contributed by atoms with Crippen LogP contribution in [0, 0.1) is 0 Å². The maximum absolute atomic E-state index is 13.0. The van der Waals surface area contributed by atoms with E-state index in [1.54, 1.807) is 15.9 Å². The molecule has 7 heteroatoms. The third-order valence-corrected chi connectivity index (χ3v) is 4.56. The number of benzene rings is 2. The fourth-order valence-electron chi connectivity index (χ4n) is 2.78. The first-order valence-electron chi connectivity index (χ1n) is 8.27. The summed E-state index contributed by atoms with van der Waals surface area (Å²) >= 11 is 6.26. The lowest BCUT2D eigenvalue weighted by atomic mass is 10.1. The number of amides is 2. The van der Waals surface area contributed by atoms with Crippen LogP contribution in [0.2, 0.25) is 5.02 Å². The molecule has 0 aromatic heterocycles. The molecule has 2 aromatic carbocycles. The van der Waals surface area contributed by atoms with Gasteiger partial charge in [-0.05, 0) is 29.8 Å². The van der Waals surface area contributed by atoms with Gasteiger partial charge in [-0.25, -0.2) is 9.59 Å². The number of rotatable bonds is 4. The summed E-state index contributed by atoms with van der Waals surface area (Å²) < 4.78 is 5.32. The lowest BCUT2D eigenvalue weighted by Crippen LogP contribution is -2.48. The lowest BCUT2D eigenvalue weighted by Gasteiger charge is -2.33. The highest BCUT2D eigenvalue weighted by molar-refractivity contribution is 6.31. The zero-order valence-electron chi connectivity index (χ0n) is 14.1. The van der Waals surface area contributed by atoms with Gasteiger partial charge in [-0.2, -0.15) is 0 Å². The second-order valence-corrected chi connectivity index (χ2v) is 6.32. The van der Waals surface area contributed by atoms with E-state index in [4.69, 9.17) is 21.4 Å². The van der Waals surface area contributed by atoms with Gasteiger partial charge in [0.05, 0.1) is 25.3 Å². The molecule has 2 amide bonds. The summed E-state index contributed by atoms with van der Waals surface area (Å²) in [7, 11) is 0. The largest absolute Gasteiger partial charge is 0.478 e. The fourth-order valence-corrected chi connectivity index (χ4v) is 3.02. The Morgan fingerprint density at radius 1 is 1.12 bits per heavy atom. The Morgan fingerprint density at radius 2 is 1.81 bits per heavy atom. The Labute approximate surface area is 156 Å². The molecule has 1 aliphatic rings. The topological polar surface area (TPSA) is 70.1 Å². The van der Waals surface area contributed by atoms with E-state index in [1.807, 2.05) is 30.3 Å². The Hall–Kier alpha value is -2.57. The summed E-state index contributed by atoms with van der Waals surface area (Å²) in [6.45, 7) is 2.35. The molecule has 0 spiro atoms. The van der Waals surface area contributed by atoms with E-state index in [0.717, 1.165) is 5.69 Å². The molecule has 1 heterocycles. The number of hydrogen-bond acceptors (Lipinski definition) is 3. The van der Waals surface area contributed by atoms with Gasteiger partial charge >= 0.3 is 12.0 Å². The molecule has 2 aromatic rings. The predicted octanol–water partition coefficient (Wildman–Crippen LogP) is 3.50. The zero-order valence-corrected chi connectivity index (χ0v) is 14.9. The van der Waals surface area contributed by atoms with Gasteiger partial charge in [0.25, 0.3) is 0 Å². The SMILES string of the molecule is O=C(O)c1ccc(CN(C(=O)N2CCOCC2)c2ccccc2)c(Cl)c1. The summed E-state index contributed by atoms with van der Waals surface area (Å²) in [5.74, 6) is -1.04. The monoisotopic (exact) mass is 374 g/mol. The summed E-state index contributed by atoms with van der Waals surface area (Å²) in [6, 6.07) is 13.7. The highest BCUT2D eigenvalue weighted by Crippen LogP contribution is 2.24. The number of carbonyl (C=O) groups is 2. The van der Waals surface area contributed by atoms with Crippen molar-refractivity contribution in [2.45, 2.75) is 6.54 Å². The Bertz CT molecular complexity index is 791. The number of carboxylic acids is 1. The van der Waals surface area contributed by atoms with Crippen molar-refractivity contribution >= 4 is 29.3 Å². The number of halogens is 1. The molecule has 0 bridgehead atoms. The van der Waals surface area contributed by atoms with Crippen molar-refractivity contribution in [2.75, 3.05) is 31.2 Å². The fraction of sp³-hybridized carbons (Fsp3) is 0.263. The Balaban J connectivity index is 1.89. The van der Waals surface area contributed by atoms with Gasteiger partial charge in [-0.1, -0.05) is 35.9 Å². The van der Waals surface area contributed by atoms with Gasteiger partial charge in [0.1, 0.15) is 0 Å². The smallest absolute Gasteiger partial charge is 0.335 e. The van der Waals surface area contributed by atoms with E-state index < -0.39 is 5.97 Å². The van der Waals surface area contributed by atoms with Crippen LogP contribution >= 0.6 is 11.6 Å². The molecule has 1 fully saturated rings. The van der Waals surface area contributed by atoms with Gasteiger partial charge in [-0.3, -0.25) is 4.90 Å². The number of hydrogen-bond donors (Lipinski definition) is 1. The quantitative estimate of drug-likeness (QED) is 0.889. The van der Waals surface area contributed by atoms with Gasteiger partial charge in [0, 0.05) is 23.8 Å². The van der Waals surface area contributed by atoms with Crippen molar-refractivity contribution in [2.24, 2.45) is 0 Å². The number of para-hydroxylation sites is 1. The van der Waals surface area contributed by atoms with Crippen molar-refractivity contribution in [3.63, 3.8) is 0 Å². The van der Waals surface area contributed by atoms with Crippen molar-refractivity contribution in [3.05, 3.63) is 64.7 Å². The van der Waals surface area contributed by atoms with Gasteiger partial charge < -0.3 is 14.7 Å². The Kier molecular flexibility index (Phi) is 5.75. The summed E-state index contributed by atoms with van der Waals surface area (Å²) in [5.41, 5.74) is 1.55. The second-order valence-electron chi connectivity index (χ2n) is 5.92. The summed E-state index contributed by atoms with van der Waals surface area (Å²) in [6.07, 6.45) is 0. The highest BCUT2D eigenvalue weighted by atomic mass is 35.5. The van der Waals surface area contributed by atoms with E-state index in [0.29, 0.717) is 36.9 Å². The Morgan fingerprint density at radius 3 is 2.42 bits per heavy atom. The standard InChI is InChI=1S/C19H19ClN2O4/c20-17-12-14(18(23)24)6-7-15(17)13-22(16-4-2-1-3-5-16)19(25)21-8-10-26-11-9-21/h1-7,12H,8-11,13H2,(H,23,24). The predicted molar refractivity (Wildman–Crippen MR) is 98.8 cm³/mol. The average molecular weight is 375 g/mol. The van der Waals surface area contributed by atoms with Gasteiger partial charge in [-0.15, -0.1) is 0 Å². The number of morpholine rings is 1. The maximum atomic E-state index is 13.0. The lowest BCUT2D eigenvalue weighted by molar-refractivity contribution is 0.0548. The zero-order chi connectivity index (χ0) is 18.5. The molecule has 3 rings (SSSR count). The van der Waals surface area contributed by atoms with E-state index in [9.17, 15) is 9.59 Å². The number of anilines is 1. The number of aromatic carboxylic acids is 1. The number of carbonyl (C=O) groups excluding carboxylic acids is 1. The molecule has 26 heavy (non-hydrogen) atoms. The molecular weight excluding hydrogens is 356 g/mol. The van der Waals surface area contributed by atoms with Crippen LogP contribution in [0.1, 0.15) is 15.9 Å². The van der Waals surface area contributed by atoms with Crippen molar-refractivity contribution < 1.29 is 19.4 Å². The summed E-state index contributed by atoms with van der Waals surface area (Å²) in [5, 5.41) is 9.40. The molecule has 136 valence electrons. The molecule has 0 saturated carbocycles. The second kappa shape index (κ2) is 8.21. The van der Waals surface area contributed by atoms with Crippen LogP contribution in [-0.2, 0) is 11.3 Å². The molecule has 0 aliphatic carbocycles. The van der Waals surface area contributed by atoms with Crippen LogP contribution in [0.25, 0.3) is 0 Å². The molecule has 6 nitrogen and oxygen atoms in total. The number of carboxylic acid groups (broad SMARTS) is 1.